The van der Waals surface area contributed by atoms with E-state index >= 15 is 0 Å². The largest absolute Gasteiger partial charge is 0.370 e. The summed E-state index contributed by atoms with van der Waals surface area (Å²) in [6.45, 7) is 2.36. The zero-order valence-corrected chi connectivity index (χ0v) is 14.2. The Morgan fingerprint density at radius 3 is 2.95 bits per heavy atom. The predicted octanol–water partition coefficient (Wildman–Crippen LogP) is 1.43. The van der Waals surface area contributed by atoms with Crippen molar-refractivity contribution in [3.8, 4) is 0 Å². The van der Waals surface area contributed by atoms with Crippen LogP contribution < -0.4 is 11.1 Å². The highest BCUT2D eigenvalue weighted by molar-refractivity contribution is 14.0. The zero-order valence-electron chi connectivity index (χ0n) is 11.9. The van der Waals surface area contributed by atoms with Crippen molar-refractivity contribution in [3.63, 3.8) is 0 Å². The number of guanidine groups is 1. The molecule has 0 aliphatic rings. The molecular formula is C14H21IN6. The minimum atomic E-state index is 0. The van der Waals surface area contributed by atoms with Gasteiger partial charge >= 0.3 is 0 Å². The van der Waals surface area contributed by atoms with Gasteiger partial charge in [0.15, 0.2) is 5.96 Å². The summed E-state index contributed by atoms with van der Waals surface area (Å²) in [5, 5.41) is 3.09. The molecule has 0 aliphatic heterocycles. The molecule has 0 bridgehead atoms. The van der Waals surface area contributed by atoms with Crippen LogP contribution >= 0.6 is 24.0 Å². The third-order valence-corrected chi connectivity index (χ3v) is 2.83. The summed E-state index contributed by atoms with van der Waals surface area (Å²) in [6, 6.07) is 5.89. The second-order valence-electron chi connectivity index (χ2n) is 4.42. The number of aliphatic imine (C=N–C) groups is 1. The van der Waals surface area contributed by atoms with Crippen molar-refractivity contribution in [2.75, 3.05) is 13.1 Å². The fraction of sp³-hybridized carbons (Fsp3) is 0.357. The minimum absolute atomic E-state index is 0. The van der Waals surface area contributed by atoms with Crippen LogP contribution in [0.1, 0.15) is 12.1 Å². The Balaban J connectivity index is 0.00000220. The van der Waals surface area contributed by atoms with Gasteiger partial charge in [0.1, 0.15) is 0 Å². The van der Waals surface area contributed by atoms with Gasteiger partial charge in [0.2, 0.25) is 0 Å². The van der Waals surface area contributed by atoms with Gasteiger partial charge < -0.3 is 15.6 Å². The first-order valence-electron chi connectivity index (χ1n) is 6.74. The Morgan fingerprint density at radius 2 is 2.24 bits per heavy atom. The standard InChI is InChI=1S/C14H20N6.HI/c15-14(18-7-3-10-20-11-9-16-12-20)19-8-5-13-4-1-2-6-17-13;/h1-2,4,6,9,11-12H,3,5,7-8,10H2,(H3,15,18,19);1H. The third kappa shape index (κ3) is 7.07. The summed E-state index contributed by atoms with van der Waals surface area (Å²) in [6.07, 6.45) is 9.10. The van der Waals surface area contributed by atoms with Crippen LogP contribution in [0.2, 0.25) is 0 Å². The minimum Gasteiger partial charge on any atom is -0.370 e. The van der Waals surface area contributed by atoms with E-state index in [-0.39, 0.29) is 24.0 Å². The molecule has 0 amide bonds. The van der Waals surface area contributed by atoms with E-state index in [2.05, 4.69) is 20.3 Å². The van der Waals surface area contributed by atoms with Gasteiger partial charge in [-0.15, -0.1) is 24.0 Å². The number of nitrogens with two attached hydrogens (primary N) is 1. The molecule has 0 radical (unpaired) electrons. The van der Waals surface area contributed by atoms with Crippen LogP contribution in [-0.2, 0) is 13.0 Å². The fourth-order valence-corrected chi connectivity index (χ4v) is 1.79. The lowest BCUT2D eigenvalue weighted by molar-refractivity contribution is 0.649. The summed E-state index contributed by atoms with van der Waals surface area (Å²) in [7, 11) is 0. The van der Waals surface area contributed by atoms with E-state index in [0.29, 0.717) is 12.5 Å². The quantitative estimate of drug-likeness (QED) is 0.319. The van der Waals surface area contributed by atoms with E-state index in [0.717, 1.165) is 31.6 Å². The lowest BCUT2D eigenvalue weighted by atomic mass is 10.3. The van der Waals surface area contributed by atoms with Crippen molar-refractivity contribution in [1.29, 1.82) is 0 Å². The molecule has 0 saturated heterocycles. The average molecular weight is 400 g/mol. The van der Waals surface area contributed by atoms with E-state index in [4.69, 9.17) is 5.73 Å². The van der Waals surface area contributed by atoms with Gasteiger partial charge in [-0.3, -0.25) is 9.98 Å². The number of nitrogens with one attached hydrogen (secondary N) is 1. The first-order chi connectivity index (χ1) is 9.84. The average Bonchev–Trinajstić information content (AvgIpc) is 2.98. The molecule has 7 heteroatoms. The van der Waals surface area contributed by atoms with Crippen LogP contribution in [0.3, 0.4) is 0 Å². The molecule has 3 N–H and O–H groups in total. The smallest absolute Gasteiger partial charge is 0.188 e. The SMILES string of the molecule is I.NC(=NCCCn1ccnc1)NCCc1ccccn1. The Bertz CT molecular complexity index is 512. The molecule has 114 valence electrons. The van der Waals surface area contributed by atoms with Crippen molar-refractivity contribution in [2.45, 2.75) is 19.4 Å². The molecule has 0 atom stereocenters. The lowest BCUT2D eigenvalue weighted by Crippen LogP contribution is -2.33. The Labute approximate surface area is 141 Å². The molecule has 2 aromatic rings. The Morgan fingerprint density at radius 1 is 1.33 bits per heavy atom. The van der Waals surface area contributed by atoms with E-state index in [9.17, 15) is 0 Å². The highest BCUT2D eigenvalue weighted by Crippen LogP contribution is 1.93. The van der Waals surface area contributed by atoms with Crippen molar-refractivity contribution >= 4 is 29.9 Å². The molecule has 0 aromatic carbocycles. The topological polar surface area (TPSA) is 81.1 Å². The second kappa shape index (κ2) is 10.1. The number of hydrogen-bond acceptors (Lipinski definition) is 3. The van der Waals surface area contributed by atoms with Crippen molar-refractivity contribution in [2.24, 2.45) is 10.7 Å². The molecule has 2 aromatic heterocycles. The highest BCUT2D eigenvalue weighted by atomic mass is 127. The Hall–Kier alpha value is -1.64. The number of nitrogens with zero attached hydrogens (tertiary/aromatic N) is 4. The molecule has 0 aliphatic carbocycles. The molecule has 21 heavy (non-hydrogen) atoms. The molecule has 2 heterocycles. The van der Waals surface area contributed by atoms with E-state index in [1.807, 2.05) is 29.0 Å². The van der Waals surface area contributed by atoms with E-state index in [1.165, 1.54) is 0 Å². The number of halogens is 1. The normalized spacial score (nSPS) is 11.0. The van der Waals surface area contributed by atoms with Gasteiger partial charge in [-0.1, -0.05) is 6.07 Å². The number of aryl methyl sites for hydroxylation is 1. The van der Waals surface area contributed by atoms with Crippen LogP contribution in [0.25, 0.3) is 0 Å². The van der Waals surface area contributed by atoms with E-state index in [1.54, 1.807) is 18.7 Å². The maximum absolute atomic E-state index is 5.80. The number of aromatic nitrogens is 3. The van der Waals surface area contributed by atoms with Crippen molar-refractivity contribution < 1.29 is 0 Å². The van der Waals surface area contributed by atoms with Gasteiger partial charge in [-0.05, 0) is 18.6 Å². The van der Waals surface area contributed by atoms with Gasteiger partial charge in [0.05, 0.1) is 6.33 Å². The molecular weight excluding hydrogens is 379 g/mol. The molecule has 2 rings (SSSR count). The summed E-state index contributed by atoms with van der Waals surface area (Å²) in [5.41, 5.74) is 6.85. The summed E-state index contributed by atoms with van der Waals surface area (Å²) in [5.74, 6) is 0.492. The molecule has 0 unspecified atom stereocenters. The molecule has 0 saturated carbocycles. The second-order valence-corrected chi connectivity index (χ2v) is 4.42. The predicted molar refractivity (Wildman–Crippen MR) is 94.7 cm³/mol. The van der Waals surface area contributed by atoms with Gasteiger partial charge in [0.25, 0.3) is 0 Å². The van der Waals surface area contributed by atoms with Crippen LogP contribution in [0.15, 0.2) is 48.1 Å². The summed E-state index contributed by atoms with van der Waals surface area (Å²) >= 11 is 0. The summed E-state index contributed by atoms with van der Waals surface area (Å²) < 4.78 is 2.03. The summed E-state index contributed by atoms with van der Waals surface area (Å²) in [4.78, 5) is 12.5. The highest BCUT2D eigenvalue weighted by Gasteiger charge is 1.95. The fourth-order valence-electron chi connectivity index (χ4n) is 1.79. The maximum Gasteiger partial charge on any atom is 0.188 e. The molecule has 6 nitrogen and oxygen atoms in total. The number of rotatable bonds is 7. The van der Waals surface area contributed by atoms with Crippen molar-refractivity contribution in [1.82, 2.24) is 19.9 Å². The number of imidazole rings is 1. The number of pyridine rings is 1. The zero-order chi connectivity index (χ0) is 14.0. The first-order valence-corrected chi connectivity index (χ1v) is 6.74. The van der Waals surface area contributed by atoms with Gasteiger partial charge in [-0.25, -0.2) is 4.98 Å². The maximum atomic E-state index is 5.80. The van der Waals surface area contributed by atoms with Gasteiger partial charge in [-0.2, -0.15) is 0 Å². The van der Waals surface area contributed by atoms with E-state index < -0.39 is 0 Å². The van der Waals surface area contributed by atoms with Crippen LogP contribution in [-0.4, -0.2) is 33.6 Å². The van der Waals surface area contributed by atoms with Crippen LogP contribution in [0, 0.1) is 0 Å². The third-order valence-electron chi connectivity index (χ3n) is 2.83. The van der Waals surface area contributed by atoms with Crippen LogP contribution in [0.4, 0.5) is 0 Å². The van der Waals surface area contributed by atoms with Crippen LogP contribution in [0.5, 0.6) is 0 Å². The molecule has 0 fully saturated rings. The first kappa shape index (κ1) is 17.4. The Kier molecular flexibility index (Phi) is 8.41. The molecule has 0 spiro atoms. The lowest BCUT2D eigenvalue weighted by Gasteiger charge is -2.05. The van der Waals surface area contributed by atoms with Gasteiger partial charge in [0, 0.05) is 50.3 Å². The van der Waals surface area contributed by atoms with Crippen molar-refractivity contribution in [3.05, 3.63) is 48.8 Å². The monoisotopic (exact) mass is 400 g/mol. The number of hydrogen-bond donors (Lipinski definition) is 2.